The Morgan fingerprint density at radius 2 is 2.05 bits per heavy atom. The molecule has 6 heteroatoms. The van der Waals surface area contributed by atoms with E-state index < -0.39 is 5.97 Å². The first-order chi connectivity index (χ1) is 10.7. The first-order valence-electron chi connectivity index (χ1n) is 6.52. The fourth-order valence-corrected chi connectivity index (χ4v) is 2.27. The van der Waals surface area contributed by atoms with E-state index in [0.717, 1.165) is 0 Å². The van der Waals surface area contributed by atoms with Crippen LogP contribution in [0.15, 0.2) is 48.7 Å². The van der Waals surface area contributed by atoms with Crippen LogP contribution in [0.5, 0.6) is 5.75 Å². The standard InChI is InChI=1S/C16H11N3O3/c17-8-10-22-12-7-4-9-19-14(16(20)21)13(18-15(12)19)11-5-2-1-3-6-11/h1-7,9H,10H2,(H,20,21). The highest BCUT2D eigenvalue weighted by molar-refractivity contribution is 5.95. The average molecular weight is 293 g/mol. The van der Waals surface area contributed by atoms with Gasteiger partial charge in [-0.05, 0) is 12.1 Å². The van der Waals surface area contributed by atoms with Gasteiger partial charge in [0.05, 0.1) is 0 Å². The number of carbonyl (C=O) groups is 1. The Hall–Kier alpha value is -3.33. The van der Waals surface area contributed by atoms with E-state index >= 15 is 0 Å². The molecule has 0 aliphatic carbocycles. The van der Waals surface area contributed by atoms with Crippen molar-refractivity contribution in [2.75, 3.05) is 6.61 Å². The molecule has 0 amide bonds. The predicted octanol–water partition coefficient (Wildman–Crippen LogP) is 2.60. The third kappa shape index (κ3) is 2.25. The van der Waals surface area contributed by atoms with Gasteiger partial charge in [0, 0.05) is 11.8 Å². The van der Waals surface area contributed by atoms with E-state index in [9.17, 15) is 9.90 Å². The van der Waals surface area contributed by atoms with Crippen molar-refractivity contribution in [3.8, 4) is 23.1 Å². The van der Waals surface area contributed by atoms with Gasteiger partial charge in [-0.1, -0.05) is 30.3 Å². The Labute approximate surface area is 125 Å². The van der Waals surface area contributed by atoms with Gasteiger partial charge in [0.2, 0.25) is 0 Å². The van der Waals surface area contributed by atoms with Crippen LogP contribution in [-0.2, 0) is 0 Å². The van der Waals surface area contributed by atoms with Crippen LogP contribution in [0.25, 0.3) is 16.9 Å². The summed E-state index contributed by atoms with van der Waals surface area (Å²) < 4.78 is 6.77. The number of rotatable bonds is 4. The number of hydrogen-bond acceptors (Lipinski definition) is 4. The predicted molar refractivity (Wildman–Crippen MR) is 78.7 cm³/mol. The lowest BCUT2D eigenvalue weighted by Crippen LogP contribution is -2.04. The molecular formula is C16H11N3O3. The fraction of sp³-hybridized carbons (Fsp3) is 0.0625. The monoisotopic (exact) mass is 293 g/mol. The lowest BCUT2D eigenvalue weighted by atomic mass is 10.1. The summed E-state index contributed by atoms with van der Waals surface area (Å²) in [6.45, 7) is -0.129. The van der Waals surface area contributed by atoms with Crippen molar-refractivity contribution >= 4 is 11.6 Å². The maximum Gasteiger partial charge on any atom is 0.355 e. The second kappa shape index (κ2) is 5.58. The van der Waals surface area contributed by atoms with E-state index in [-0.39, 0.29) is 12.3 Å². The maximum atomic E-state index is 11.6. The van der Waals surface area contributed by atoms with Gasteiger partial charge in [0.25, 0.3) is 0 Å². The molecule has 108 valence electrons. The third-order valence-corrected chi connectivity index (χ3v) is 3.16. The molecule has 0 unspecified atom stereocenters. The number of aromatic nitrogens is 2. The SMILES string of the molecule is N#CCOc1cccn2c(C(=O)O)c(-c3ccccc3)nc12. The summed E-state index contributed by atoms with van der Waals surface area (Å²) in [6, 6.07) is 14.3. The molecule has 0 atom stereocenters. The molecule has 2 heterocycles. The Balaban J connectivity index is 2.27. The van der Waals surface area contributed by atoms with Gasteiger partial charge in [0.15, 0.2) is 23.7 Å². The number of aromatic carboxylic acids is 1. The van der Waals surface area contributed by atoms with Crippen molar-refractivity contribution < 1.29 is 14.6 Å². The lowest BCUT2D eigenvalue weighted by Gasteiger charge is -2.03. The van der Waals surface area contributed by atoms with E-state index in [1.807, 2.05) is 24.3 Å². The number of nitriles is 1. The van der Waals surface area contributed by atoms with Crippen LogP contribution in [0.2, 0.25) is 0 Å². The van der Waals surface area contributed by atoms with Crippen LogP contribution in [0.4, 0.5) is 0 Å². The Morgan fingerprint density at radius 1 is 1.27 bits per heavy atom. The maximum absolute atomic E-state index is 11.6. The lowest BCUT2D eigenvalue weighted by molar-refractivity contribution is 0.0690. The van der Waals surface area contributed by atoms with Crippen LogP contribution < -0.4 is 4.74 Å². The van der Waals surface area contributed by atoms with Gasteiger partial charge in [-0.15, -0.1) is 0 Å². The average Bonchev–Trinajstić information content (AvgIpc) is 2.94. The summed E-state index contributed by atoms with van der Waals surface area (Å²) in [6.07, 6.45) is 1.61. The van der Waals surface area contributed by atoms with E-state index in [1.165, 1.54) is 4.40 Å². The van der Waals surface area contributed by atoms with Gasteiger partial charge in [-0.25, -0.2) is 9.78 Å². The molecule has 0 aliphatic rings. The summed E-state index contributed by atoms with van der Waals surface area (Å²) in [4.78, 5) is 16.0. The molecular weight excluding hydrogens is 282 g/mol. The van der Waals surface area contributed by atoms with Crippen LogP contribution in [0.1, 0.15) is 10.5 Å². The quantitative estimate of drug-likeness (QED) is 0.798. The summed E-state index contributed by atoms with van der Waals surface area (Å²) in [5.41, 5.74) is 1.49. The third-order valence-electron chi connectivity index (χ3n) is 3.16. The first kappa shape index (κ1) is 13.6. The molecule has 2 aromatic heterocycles. The Morgan fingerprint density at radius 3 is 2.73 bits per heavy atom. The number of pyridine rings is 1. The zero-order chi connectivity index (χ0) is 15.5. The smallest absolute Gasteiger partial charge is 0.355 e. The number of benzene rings is 1. The van der Waals surface area contributed by atoms with E-state index in [1.54, 1.807) is 30.5 Å². The Bertz CT molecular complexity index is 879. The van der Waals surface area contributed by atoms with Crippen molar-refractivity contribution in [2.45, 2.75) is 0 Å². The summed E-state index contributed by atoms with van der Waals surface area (Å²) in [5.74, 6) is -0.711. The van der Waals surface area contributed by atoms with Crippen molar-refractivity contribution in [3.05, 3.63) is 54.4 Å². The van der Waals surface area contributed by atoms with Crippen molar-refractivity contribution in [1.29, 1.82) is 5.26 Å². The molecule has 1 N–H and O–H groups in total. The van der Waals surface area contributed by atoms with Crippen molar-refractivity contribution in [2.24, 2.45) is 0 Å². The fourth-order valence-electron chi connectivity index (χ4n) is 2.27. The minimum atomic E-state index is -1.08. The van der Waals surface area contributed by atoms with Crippen molar-refractivity contribution in [3.63, 3.8) is 0 Å². The molecule has 3 aromatic rings. The molecule has 0 saturated carbocycles. The zero-order valence-corrected chi connectivity index (χ0v) is 11.4. The van der Waals surface area contributed by atoms with Crippen LogP contribution in [0.3, 0.4) is 0 Å². The minimum Gasteiger partial charge on any atom is -0.476 e. The largest absolute Gasteiger partial charge is 0.476 e. The first-order valence-corrected chi connectivity index (χ1v) is 6.52. The molecule has 0 spiro atoms. The molecule has 0 saturated heterocycles. The van der Waals surface area contributed by atoms with Gasteiger partial charge >= 0.3 is 5.97 Å². The number of nitrogens with zero attached hydrogens (tertiary/aromatic N) is 3. The van der Waals surface area contributed by atoms with Gasteiger partial charge < -0.3 is 9.84 Å². The number of carboxylic acid groups (broad SMARTS) is 1. The minimum absolute atomic E-state index is 0.0589. The normalized spacial score (nSPS) is 10.3. The molecule has 0 fully saturated rings. The summed E-state index contributed by atoms with van der Waals surface area (Å²) in [5, 5.41) is 18.2. The van der Waals surface area contributed by atoms with E-state index in [4.69, 9.17) is 10.00 Å². The van der Waals surface area contributed by atoms with Gasteiger partial charge in [-0.2, -0.15) is 5.26 Å². The summed E-state index contributed by atoms with van der Waals surface area (Å²) in [7, 11) is 0. The molecule has 22 heavy (non-hydrogen) atoms. The molecule has 3 rings (SSSR count). The van der Waals surface area contributed by atoms with Crippen LogP contribution in [0, 0.1) is 11.3 Å². The van der Waals surface area contributed by atoms with Crippen LogP contribution >= 0.6 is 0 Å². The number of carboxylic acids is 1. The van der Waals surface area contributed by atoms with Gasteiger partial charge in [-0.3, -0.25) is 4.40 Å². The molecule has 1 aromatic carbocycles. The highest BCUT2D eigenvalue weighted by Gasteiger charge is 2.21. The number of ether oxygens (including phenoxy) is 1. The summed E-state index contributed by atoms with van der Waals surface area (Å²) >= 11 is 0. The molecule has 0 aliphatic heterocycles. The number of imidazole rings is 1. The second-order valence-electron chi connectivity index (χ2n) is 4.49. The number of hydrogen-bond donors (Lipinski definition) is 1. The second-order valence-corrected chi connectivity index (χ2v) is 4.49. The topological polar surface area (TPSA) is 87.6 Å². The zero-order valence-electron chi connectivity index (χ0n) is 11.4. The molecule has 6 nitrogen and oxygen atoms in total. The molecule has 0 radical (unpaired) electrons. The highest BCUT2D eigenvalue weighted by atomic mass is 16.5. The highest BCUT2D eigenvalue weighted by Crippen LogP contribution is 2.28. The van der Waals surface area contributed by atoms with Gasteiger partial charge in [0.1, 0.15) is 11.8 Å². The van der Waals surface area contributed by atoms with E-state index in [0.29, 0.717) is 22.7 Å². The Kier molecular flexibility index (Phi) is 3.46. The van der Waals surface area contributed by atoms with Crippen molar-refractivity contribution in [1.82, 2.24) is 9.38 Å². The van der Waals surface area contributed by atoms with Crippen LogP contribution in [-0.4, -0.2) is 27.1 Å². The number of fused-ring (bicyclic) bond motifs is 1. The van der Waals surface area contributed by atoms with E-state index in [2.05, 4.69) is 4.98 Å². The molecule has 0 bridgehead atoms.